The number of carbonyl (C=O) groups is 2. The smallest absolute Gasteiger partial charge is 0.329 e. The van der Waals surface area contributed by atoms with Gasteiger partial charge in [0.05, 0.1) is 10.7 Å². The van der Waals surface area contributed by atoms with Gasteiger partial charge in [0.25, 0.3) is 0 Å². The fourth-order valence-corrected chi connectivity index (χ4v) is 1.64. The van der Waals surface area contributed by atoms with Crippen molar-refractivity contribution in [2.45, 2.75) is 19.4 Å². The topological polar surface area (TPSA) is 69.6 Å². The number of carbonyl (C=O) groups excluding carboxylic acids is 1. The van der Waals surface area contributed by atoms with E-state index in [0.717, 1.165) is 4.90 Å². The molecule has 2 amide bonds. The van der Waals surface area contributed by atoms with Gasteiger partial charge in [-0.15, -0.1) is 0 Å². The average Bonchev–Trinajstić information content (AvgIpc) is 2.31. The second-order valence-electron chi connectivity index (χ2n) is 4.48. The molecule has 0 aliphatic heterocycles. The third-order valence-electron chi connectivity index (χ3n) is 2.84. The molecule has 0 aromatic heterocycles. The monoisotopic (exact) mass is 304 g/mol. The Hall–Kier alpha value is -1.46. The largest absolute Gasteiger partial charge is 0.480 e. The number of carboxylic acids is 1. The fraction of sp³-hybridized carbons (Fsp3) is 0.333. The first-order chi connectivity index (χ1) is 8.66. The molecule has 0 bridgehead atoms. The molecule has 0 heterocycles. The highest BCUT2D eigenvalue weighted by molar-refractivity contribution is 6.36. The summed E-state index contributed by atoms with van der Waals surface area (Å²) in [7, 11) is 1.40. The molecular formula is C12H14Cl2N2O3. The molecule has 5 nitrogen and oxygen atoms in total. The average molecular weight is 305 g/mol. The molecule has 0 fully saturated rings. The summed E-state index contributed by atoms with van der Waals surface area (Å²) in [6.07, 6.45) is 0. The lowest BCUT2D eigenvalue weighted by Crippen LogP contribution is -2.52. The van der Waals surface area contributed by atoms with Gasteiger partial charge >= 0.3 is 12.0 Å². The molecule has 0 saturated heterocycles. The minimum absolute atomic E-state index is 0.280. The van der Waals surface area contributed by atoms with E-state index in [1.807, 2.05) is 0 Å². The van der Waals surface area contributed by atoms with Crippen molar-refractivity contribution in [3.8, 4) is 0 Å². The van der Waals surface area contributed by atoms with Gasteiger partial charge in [0.15, 0.2) is 0 Å². The summed E-state index contributed by atoms with van der Waals surface area (Å²) >= 11 is 11.7. The molecule has 0 spiro atoms. The van der Waals surface area contributed by atoms with E-state index in [0.29, 0.717) is 10.7 Å². The van der Waals surface area contributed by atoms with Crippen LogP contribution in [-0.4, -0.2) is 34.6 Å². The second-order valence-corrected chi connectivity index (χ2v) is 5.32. The van der Waals surface area contributed by atoms with Gasteiger partial charge in [-0.3, -0.25) is 0 Å². The summed E-state index contributed by atoms with van der Waals surface area (Å²) in [5, 5.41) is 12.3. The summed E-state index contributed by atoms with van der Waals surface area (Å²) in [6, 6.07) is 4.04. The van der Waals surface area contributed by atoms with Crippen molar-refractivity contribution in [2.75, 3.05) is 12.4 Å². The molecule has 0 radical (unpaired) electrons. The fourth-order valence-electron chi connectivity index (χ4n) is 1.19. The first-order valence-corrected chi connectivity index (χ1v) is 6.15. The lowest BCUT2D eigenvalue weighted by molar-refractivity contribution is -0.146. The van der Waals surface area contributed by atoms with Crippen LogP contribution in [0.3, 0.4) is 0 Å². The van der Waals surface area contributed by atoms with Gasteiger partial charge in [0.2, 0.25) is 0 Å². The van der Waals surface area contributed by atoms with Gasteiger partial charge in [-0.25, -0.2) is 9.59 Å². The number of hydrogen-bond acceptors (Lipinski definition) is 2. The normalized spacial score (nSPS) is 11.0. The molecule has 0 aliphatic rings. The van der Waals surface area contributed by atoms with Crippen molar-refractivity contribution in [2.24, 2.45) is 0 Å². The Labute approximate surface area is 121 Å². The van der Waals surface area contributed by atoms with Crippen molar-refractivity contribution in [1.82, 2.24) is 4.90 Å². The molecule has 0 atom stereocenters. The number of benzene rings is 1. The predicted molar refractivity (Wildman–Crippen MR) is 75.0 cm³/mol. The number of nitrogens with one attached hydrogen (secondary N) is 1. The number of urea groups is 1. The molecular weight excluding hydrogens is 291 g/mol. The maximum atomic E-state index is 12.0. The number of anilines is 1. The van der Waals surface area contributed by atoms with E-state index in [1.54, 1.807) is 12.1 Å². The number of carboxylic acid groups (broad SMARTS) is 1. The van der Waals surface area contributed by atoms with E-state index < -0.39 is 17.5 Å². The molecule has 1 aromatic rings. The predicted octanol–water partition coefficient (Wildman–Crippen LogP) is 3.32. The van der Waals surface area contributed by atoms with Crippen LogP contribution in [0.25, 0.3) is 0 Å². The molecule has 1 rings (SSSR count). The van der Waals surface area contributed by atoms with Crippen LogP contribution in [0.15, 0.2) is 18.2 Å². The van der Waals surface area contributed by atoms with Gasteiger partial charge in [-0.2, -0.15) is 0 Å². The van der Waals surface area contributed by atoms with E-state index in [1.165, 1.54) is 27.0 Å². The van der Waals surface area contributed by atoms with Crippen molar-refractivity contribution in [1.29, 1.82) is 0 Å². The quantitative estimate of drug-likeness (QED) is 0.900. The summed E-state index contributed by atoms with van der Waals surface area (Å²) in [5.41, 5.74) is -0.965. The third-order valence-corrected chi connectivity index (χ3v) is 3.39. The van der Waals surface area contributed by atoms with Gasteiger partial charge < -0.3 is 15.3 Å². The first-order valence-electron chi connectivity index (χ1n) is 5.39. The lowest BCUT2D eigenvalue weighted by Gasteiger charge is -2.31. The summed E-state index contributed by atoms with van der Waals surface area (Å²) in [4.78, 5) is 24.1. The SMILES string of the molecule is CN(C(=O)Nc1ccc(Cl)cc1Cl)C(C)(C)C(=O)O. The van der Waals surface area contributed by atoms with E-state index in [9.17, 15) is 9.59 Å². The Balaban J connectivity index is 2.88. The van der Waals surface area contributed by atoms with Gasteiger partial charge in [-0.05, 0) is 32.0 Å². The molecule has 0 unspecified atom stereocenters. The summed E-state index contributed by atoms with van der Waals surface area (Å²) in [5.74, 6) is -1.10. The lowest BCUT2D eigenvalue weighted by atomic mass is 10.1. The van der Waals surface area contributed by atoms with Gasteiger partial charge in [0, 0.05) is 12.1 Å². The van der Waals surface area contributed by atoms with Crippen molar-refractivity contribution >= 4 is 40.9 Å². The minimum Gasteiger partial charge on any atom is -0.480 e. The highest BCUT2D eigenvalue weighted by Crippen LogP contribution is 2.26. The minimum atomic E-state index is -1.33. The van der Waals surface area contributed by atoms with Crippen LogP contribution in [-0.2, 0) is 4.79 Å². The van der Waals surface area contributed by atoms with E-state index in [2.05, 4.69) is 5.32 Å². The van der Waals surface area contributed by atoms with Gasteiger partial charge in [-0.1, -0.05) is 23.2 Å². The molecule has 0 aliphatic carbocycles. The summed E-state index contributed by atoms with van der Waals surface area (Å²) in [6.45, 7) is 2.86. The maximum Gasteiger partial charge on any atom is 0.329 e. The van der Waals surface area contributed by atoms with Crippen LogP contribution >= 0.6 is 23.2 Å². The third kappa shape index (κ3) is 3.52. The Morgan fingerprint density at radius 2 is 1.89 bits per heavy atom. The van der Waals surface area contributed by atoms with Crippen LogP contribution in [0, 0.1) is 0 Å². The molecule has 0 saturated carbocycles. The number of likely N-dealkylation sites (N-methyl/N-ethyl adjacent to an activating group) is 1. The van der Waals surface area contributed by atoms with E-state index >= 15 is 0 Å². The molecule has 2 N–H and O–H groups in total. The first kappa shape index (κ1) is 15.6. The van der Waals surface area contributed by atoms with E-state index in [4.69, 9.17) is 28.3 Å². The van der Waals surface area contributed by atoms with Crippen molar-refractivity contribution in [3.63, 3.8) is 0 Å². The van der Waals surface area contributed by atoms with Crippen molar-refractivity contribution in [3.05, 3.63) is 28.2 Å². The Morgan fingerprint density at radius 1 is 1.32 bits per heavy atom. The zero-order valence-electron chi connectivity index (χ0n) is 10.7. The number of nitrogens with zero attached hydrogens (tertiary/aromatic N) is 1. The highest BCUT2D eigenvalue weighted by Gasteiger charge is 2.35. The standard InChI is InChI=1S/C12H14Cl2N2O3/c1-12(2,10(17)18)16(3)11(19)15-9-5-4-7(13)6-8(9)14/h4-6H,1-3H3,(H,15,19)(H,17,18). The number of halogens is 2. The van der Waals surface area contributed by atoms with Gasteiger partial charge in [0.1, 0.15) is 5.54 Å². The van der Waals surface area contributed by atoms with Crippen LogP contribution in [0.2, 0.25) is 10.0 Å². The zero-order chi connectivity index (χ0) is 14.8. The van der Waals surface area contributed by atoms with Crippen LogP contribution < -0.4 is 5.32 Å². The Bertz CT molecular complexity index is 518. The number of amides is 2. The molecule has 104 valence electrons. The van der Waals surface area contributed by atoms with E-state index in [-0.39, 0.29) is 5.02 Å². The Morgan fingerprint density at radius 3 is 2.37 bits per heavy atom. The number of aliphatic carboxylic acids is 1. The zero-order valence-corrected chi connectivity index (χ0v) is 12.2. The number of rotatable bonds is 3. The second kappa shape index (κ2) is 5.67. The highest BCUT2D eigenvalue weighted by atomic mass is 35.5. The van der Waals surface area contributed by atoms with Crippen LogP contribution in [0.5, 0.6) is 0 Å². The Kier molecular flexibility index (Phi) is 4.66. The van der Waals surface area contributed by atoms with Crippen LogP contribution in [0.4, 0.5) is 10.5 Å². The van der Waals surface area contributed by atoms with Crippen molar-refractivity contribution < 1.29 is 14.7 Å². The molecule has 7 heteroatoms. The number of hydrogen-bond donors (Lipinski definition) is 2. The van der Waals surface area contributed by atoms with Crippen LogP contribution in [0.1, 0.15) is 13.8 Å². The molecule has 19 heavy (non-hydrogen) atoms. The molecule has 1 aromatic carbocycles. The summed E-state index contributed by atoms with van der Waals surface area (Å²) < 4.78 is 0. The maximum absolute atomic E-state index is 12.0.